The van der Waals surface area contributed by atoms with Crippen LogP contribution >= 0.6 is 0 Å². The molecule has 0 bridgehead atoms. The van der Waals surface area contributed by atoms with Crippen LogP contribution in [0.4, 0.5) is 0 Å². The number of esters is 1. The summed E-state index contributed by atoms with van der Waals surface area (Å²) in [6.07, 6.45) is 4.17. The Kier molecular flexibility index (Phi) is 2.57. The Morgan fingerprint density at radius 1 is 1.62 bits per heavy atom. The van der Waals surface area contributed by atoms with Crippen molar-refractivity contribution in [2.24, 2.45) is 0 Å². The quantitative estimate of drug-likeness (QED) is 0.644. The van der Waals surface area contributed by atoms with Crippen molar-refractivity contribution in [2.45, 2.75) is 12.5 Å². The number of methoxy groups -OCH3 is 1. The van der Waals surface area contributed by atoms with Crippen LogP contribution in [0.3, 0.4) is 0 Å². The molecular formula is C8H10N2O3. The monoisotopic (exact) mass is 182 g/mol. The van der Waals surface area contributed by atoms with Crippen LogP contribution in [-0.4, -0.2) is 28.2 Å². The Morgan fingerprint density at radius 3 is 2.77 bits per heavy atom. The van der Waals surface area contributed by atoms with Crippen LogP contribution in [0, 0.1) is 0 Å². The summed E-state index contributed by atoms with van der Waals surface area (Å²) in [5, 5.41) is 9.68. The minimum absolute atomic E-state index is 0.168. The molecule has 1 atom stereocenters. The zero-order valence-electron chi connectivity index (χ0n) is 7.39. The van der Waals surface area contributed by atoms with Crippen molar-refractivity contribution in [2.75, 3.05) is 7.11 Å². The van der Waals surface area contributed by atoms with Crippen molar-refractivity contribution in [3.63, 3.8) is 0 Å². The van der Waals surface area contributed by atoms with E-state index < -0.39 is 11.6 Å². The van der Waals surface area contributed by atoms with Gasteiger partial charge in [-0.05, 0) is 6.92 Å². The summed E-state index contributed by atoms with van der Waals surface area (Å²) in [6.45, 7) is 1.31. The Morgan fingerprint density at radius 2 is 2.31 bits per heavy atom. The van der Waals surface area contributed by atoms with Crippen molar-refractivity contribution >= 4 is 5.97 Å². The normalized spacial score (nSPS) is 14.7. The van der Waals surface area contributed by atoms with Gasteiger partial charge in [-0.15, -0.1) is 0 Å². The smallest absolute Gasteiger partial charge is 0.343 e. The topological polar surface area (TPSA) is 72.3 Å². The molecule has 0 aliphatic rings. The van der Waals surface area contributed by atoms with Crippen LogP contribution in [0.25, 0.3) is 0 Å². The summed E-state index contributed by atoms with van der Waals surface area (Å²) in [5.41, 5.74) is -1.56. The highest BCUT2D eigenvalue weighted by Gasteiger charge is 2.35. The van der Waals surface area contributed by atoms with Gasteiger partial charge in [0.1, 0.15) is 5.69 Å². The first-order valence-electron chi connectivity index (χ1n) is 3.66. The lowest BCUT2D eigenvalue weighted by Crippen LogP contribution is -2.34. The van der Waals surface area contributed by atoms with E-state index in [0.29, 0.717) is 0 Å². The van der Waals surface area contributed by atoms with Crippen molar-refractivity contribution in [3.05, 3.63) is 24.3 Å². The molecule has 1 aromatic heterocycles. The van der Waals surface area contributed by atoms with E-state index in [9.17, 15) is 9.90 Å². The third-order valence-corrected chi connectivity index (χ3v) is 1.64. The van der Waals surface area contributed by atoms with Crippen molar-refractivity contribution in [1.82, 2.24) is 9.97 Å². The number of carbonyl (C=O) groups is 1. The fraction of sp³-hybridized carbons (Fsp3) is 0.375. The maximum atomic E-state index is 11.1. The highest BCUT2D eigenvalue weighted by Crippen LogP contribution is 2.18. The average molecular weight is 182 g/mol. The van der Waals surface area contributed by atoms with Gasteiger partial charge in [0.15, 0.2) is 0 Å². The van der Waals surface area contributed by atoms with Gasteiger partial charge in [0, 0.05) is 12.4 Å². The van der Waals surface area contributed by atoms with Gasteiger partial charge in [0.25, 0.3) is 0 Å². The van der Waals surface area contributed by atoms with E-state index >= 15 is 0 Å². The van der Waals surface area contributed by atoms with E-state index in [1.165, 1.54) is 32.6 Å². The molecular weight excluding hydrogens is 172 g/mol. The van der Waals surface area contributed by atoms with Gasteiger partial charge in [0.05, 0.1) is 13.3 Å². The molecule has 0 aromatic carbocycles. The van der Waals surface area contributed by atoms with Crippen LogP contribution in [0.15, 0.2) is 18.6 Å². The summed E-state index contributed by atoms with van der Waals surface area (Å²) < 4.78 is 4.41. The highest BCUT2D eigenvalue weighted by atomic mass is 16.5. The Balaban J connectivity index is 3.00. The first-order valence-corrected chi connectivity index (χ1v) is 3.66. The summed E-state index contributed by atoms with van der Waals surface area (Å²) in [7, 11) is 1.20. The summed E-state index contributed by atoms with van der Waals surface area (Å²) >= 11 is 0. The molecule has 1 rings (SSSR count). The van der Waals surface area contributed by atoms with E-state index in [1.54, 1.807) is 0 Å². The predicted molar refractivity (Wildman–Crippen MR) is 43.6 cm³/mol. The highest BCUT2D eigenvalue weighted by molar-refractivity contribution is 5.79. The standard InChI is InChI=1S/C8H10N2O3/c1-8(12,7(11)13-2)6-5-9-3-4-10-6/h3-5,12H,1-2H3/t8-/m1/s1. The summed E-state index contributed by atoms with van der Waals surface area (Å²) in [5.74, 6) is -0.756. The van der Waals surface area contributed by atoms with Gasteiger partial charge in [0.2, 0.25) is 5.60 Å². The number of rotatable bonds is 2. The molecule has 0 fully saturated rings. The van der Waals surface area contributed by atoms with E-state index in [2.05, 4.69) is 14.7 Å². The molecule has 1 aromatic rings. The molecule has 0 aliphatic carbocycles. The van der Waals surface area contributed by atoms with Gasteiger partial charge >= 0.3 is 5.97 Å². The first-order chi connectivity index (χ1) is 6.09. The van der Waals surface area contributed by atoms with Crippen molar-refractivity contribution in [3.8, 4) is 0 Å². The fourth-order valence-corrected chi connectivity index (χ4v) is 0.854. The molecule has 70 valence electrons. The number of ether oxygens (including phenoxy) is 1. The first kappa shape index (κ1) is 9.60. The molecule has 0 spiro atoms. The van der Waals surface area contributed by atoms with E-state index in [-0.39, 0.29) is 5.69 Å². The van der Waals surface area contributed by atoms with E-state index in [4.69, 9.17) is 0 Å². The number of carbonyl (C=O) groups excluding carboxylic acids is 1. The molecule has 0 unspecified atom stereocenters. The maximum absolute atomic E-state index is 11.1. The number of hydrogen-bond acceptors (Lipinski definition) is 5. The third-order valence-electron chi connectivity index (χ3n) is 1.64. The minimum atomic E-state index is -1.73. The Labute approximate surface area is 75.4 Å². The maximum Gasteiger partial charge on any atom is 0.343 e. The summed E-state index contributed by atoms with van der Waals surface area (Å²) in [4.78, 5) is 18.6. The van der Waals surface area contributed by atoms with Gasteiger partial charge in [-0.2, -0.15) is 0 Å². The van der Waals surface area contributed by atoms with Crippen LogP contribution in [0.5, 0.6) is 0 Å². The zero-order chi connectivity index (χ0) is 9.90. The molecule has 5 heteroatoms. The second kappa shape index (κ2) is 3.49. The molecule has 13 heavy (non-hydrogen) atoms. The van der Waals surface area contributed by atoms with E-state index in [1.807, 2.05) is 0 Å². The number of aromatic nitrogens is 2. The van der Waals surface area contributed by atoms with Gasteiger partial charge in [-0.25, -0.2) is 4.79 Å². The molecule has 0 amide bonds. The second-order valence-corrected chi connectivity index (χ2v) is 2.65. The SMILES string of the molecule is COC(=O)[C@](C)(O)c1cnccn1. The number of hydrogen-bond donors (Lipinski definition) is 1. The molecule has 1 N–H and O–H groups in total. The number of aliphatic hydroxyl groups is 1. The molecule has 5 nitrogen and oxygen atoms in total. The lowest BCUT2D eigenvalue weighted by Gasteiger charge is -2.18. The summed E-state index contributed by atoms with van der Waals surface area (Å²) in [6, 6.07) is 0. The molecule has 1 heterocycles. The van der Waals surface area contributed by atoms with Crippen LogP contribution < -0.4 is 0 Å². The molecule has 0 aliphatic heterocycles. The van der Waals surface area contributed by atoms with Crippen molar-refractivity contribution < 1.29 is 14.6 Å². The van der Waals surface area contributed by atoms with Gasteiger partial charge < -0.3 is 9.84 Å². The van der Waals surface area contributed by atoms with Crippen LogP contribution in [0.2, 0.25) is 0 Å². The molecule has 0 radical (unpaired) electrons. The minimum Gasteiger partial charge on any atom is -0.467 e. The lowest BCUT2D eigenvalue weighted by atomic mass is 10.0. The van der Waals surface area contributed by atoms with Crippen LogP contribution in [-0.2, 0) is 15.1 Å². The largest absolute Gasteiger partial charge is 0.467 e. The van der Waals surface area contributed by atoms with Gasteiger partial charge in [-0.3, -0.25) is 9.97 Å². The third kappa shape index (κ3) is 1.81. The predicted octanol–water partition coefficient (Wildman–Crippen LogP) is -0.143. The average Bonchev–Trinajstić information content (AvgIpc) is 2.18. The van der Waals surface area contributed by atoms with Crippen LogP contribution in [0.1, 0.15) is 12.6 Å². The van der Waals surface area contributed by atoms with Gasteiger partial charge in [-0.1, -0.05) is 0 Å². The Bertz CT molecular complexity index is 298. The Hall–Kier alpha value is -1.49. The van der Waals surface area contributed by atoms with E-state index in [0.717, 1.165) is 0 Å². The molecule has 0 saturated carbocycles. The zero-order valence-corrected chi connectivity index (χ0v) is 7.39. The lowest BCUT2D eigenvalue weighted by molar-refractivity contribution is -0.161. The second-order valence-electron chi connectivity index (χ2n) is 2.65. The van der Waals surface area contributed by atoms with Crippen molar-refractivity contribution in [1.29, 1.82) is 0 Å². The number of nitrogens with zero attached hydrogens (tertiary/aromatic N) is 2. The fourth-order valence-electron chi connectivity index (χ4n) is 0.854. The molecule has 0 saturated heterocycles.